The molecule has 0 saturated carbocycles. The van der Waals surface area contributed by atoms with Crippen LogP contribution < -0.4 is 0 Å². The van der Waals surface area contributed by atoms with Crippen LogP contribution in [0.4, 0.5) is 0 Å². The third kappa shape index (κ3) is 2.26. The molecule has 86 valence electrons. The van der Waals surface area contributed by atoms with Crippen molar-refractivity contribution in [1.82, 2.24) is 0 Å². The van der Waals surface area contributed by atoms with Crippen LogP contribution in [0.15, 0.2) is 18.2 Å². The van der Waals surface area contributed by atoms with Crippen molar-refractivity contribution in [2.75, 3.05) is 0 Å². The zero-order valence-electron chi connectivity index (χ0n) is 9.86. The van der Waals surface area contributed by atoms with E-state index in [1.54, 1.807) is 0 Å². The molecule has 0 radical (unpaired) electrons. The fraction of sp³-hybridized carbons (Fsp3) is 0.500. The molecule has 0 fully saturated rings. The third-order valence-corrected chi connectivity index (χ3v) is 3.42. The van der Waals surface area contributed by atoms with Gasteiger partial charge in [0.1, 0.15) is 0 Å². The minimum absolute atomic E-state index is 0.110. The summed E-state index contributed by atoms with van der Waals surface area (Å²) in [5.74, 6) is 0.125. The molecule has 0 heterocycles. The predicted octanol–water partition coefficient (Wildman–Crippen LogP) is 3.00. The van der Waals surface area contributed by atoms with Gasteiger partial charge in [-0.15, -0.1) is 0 Å². The van der Waals surface area contributed by atoms with Crippen LogP contribution in [0.2, 0.25) is 0 Å². The van der Waals surface area contributed by atoms with Crippen molar-refractivity contribution in [2.24, 2.45) is 5.92 Å². The Labute approximate surface area is 96.3 Å². The highest BCUT2D eigenvalue weighted by Crippen LogP contribution is 2.30. The molecule has 1 aliphatic rings. The maximum atomic E-state index is 10.7. The van der Waals surface area contributed by atoms with Crippen LogP contribution >= 0.6 is 0 Å². The molecule has 1 aromatic rings. The van der Waals surface area contributed by atoms with E-state index in [1.165, 1.54) is 17.5 Å². The number of aliphatic carboxylic acids is 1. The molecule has 1 N–H and O–H groups in total. The summed E-state index contributed by atoms with van der Waals surface area (Å²) in [4.78, 5) is 10.7. The van der Waals surface area contributed by atoms with E-state index < -0.39 is 5.97 Å². The van der Waals surface area contributed by atoms with Gasteiger partial charge in [0, 0.05) is 0 Å². The van der Waals surface area contributed by atoms with Crippen LogP contribution in [-0.4, -0.2) is 11.1 Å². The van der Waals surface area contributed by atoms with Crippen LogP contribution in [0.3, 0.4) is 0 Å². The Bertz CT molecular complexity index is 409. The molecular formula is C14H18O2. The summed E-state index contributed by atoms with van der Waals surface area (Å²) < 4.78 is 0. The summed E-state index contributed by atoms with van der Waals surface area (Å²) in [7, 11) is 0. The van der Waals surface area contributed by atoms with Gasteiger partial charge in [0.25, 0.3) is 0 Å². The molecule has 0 spiro atoms. The smallest absolute Gasteiger partial charge is 0.303 e. The Morgan fingerprint density at radius 2 is 2.12 bits per heavy atom. The second-order valence-electron chi connectivity index (χ2n) is 5.04. The van der Waals surface area contributed by atoms with Crippen molar-refractivity contribution in [3.8, 4) is 0 Å². The first kappa shape index (κ1) is 11.2. The van der Waals surface area contributed by atoms with E-state index in [0.717, 1.165) is 17.9 Å². The Kier molecular flexibility index (Phi) is 2.99. The number of fused-ring (bicyclic) bond motifs is 1. The number of hydrogen-bond donors (Lipinski definition) is 1. The van der Waals surface area contributed by atoms with Crippen molar-refractivity contribution < 1.29 is 9.90 Å². The molecule has 2 heteroatoms. The largest absolute Gasteiger partial charge is 0.481 e. The maximum Gasteiger partial charge on any atom is 0.303 e. The molecule has 0 amide bonds. The average molecular weight is 218 g/mol. The maximum absolute atomic E-state index is 10.7. The van der Waals surface area contributed by atoms with Crippen molar-refractivity contribution >= 4 is 5.97 Å². The molecule has 1 aliphatic carbocycles. The van der Waals surface area contributed by atoms with Crippen LogP contribution in [0.5, 0.6) is 0 Å². The van der Waals surface area contributed by atoms with E-state index in [1.807, 2.05) is 6.92 Å². The highest BCUT2D eigenvalue weighted by molar-refractivity contribution is 5.68. The molecule has 0 aromatic heterocycles. The van der Waals surface area contributed by atoms with Crippen LogP contribution in [-0.2, 0) is 17.6 Å². The molecule has 2 rings (SSSR count). The van der Waals surface area contributed by atoms with Gasteiger partial charge >= 0.3 is 5.97 Å². The minimum atomic E-state index is -0.721. The fourth-order valence-corrected chi connectivity index (χ4v) is 2.54. The molecule has 1 aromatic carbocycles. The Balaban J connectivity index is 2.19. The second kappa shape index (κ2) is 4.28. The number of carboxylic acids is 1. The van der Waals surface area contributed by atoms with Crippen molar-refractivity contribution in [3.05, 3.63) is 34.9 Å². The molecule has 2 nitrogen and oxygen atoms in total. The number of carbonyl (C=O) groups is 1. The molecule has 0 bridgehead atoms. The highest BCUT2D eigenvalue weighted by atomic mass is 16.4. The Morgan fingerprint density at radius 3 is 2.81 bits per heavy atom. The summed E-state index contributed by atoms with van der Waals surface area (Å²) >= 11 is 0. The number of hydrogen-bond acceptors (Lipinski definition) is 1. The van der Waals surface area contributed by atoms with Gasteiger partial charge in [-0.2, -0.15) is 0 Å². The van der Waals surface area contributed by atoms with Gasteiger partial charge in [0.2, 0.25) is 0 Å². The van der Waals surface area contributed by atoms with Gasteiger partial charge in [-0.3, -0.25) is 4.79 Å². The summed E-state index contributed by atoms with van der Waals surface area (Å²) in [6.45, 7) is 4.24. The summed E-state index contributed by atoms with van der Waals surface area (Å²) in [5.41, 5.74) is 4.02. The number of rotatable bonds is 3. The minimum Gasteiger partial charge on any atom is -0.481 e. The lowest BCUT2D eigenvalue weighted by molar-refractivity contribution is -0.137. The van der Waals surface area contributed by atoms with Gasteiger partial charge < -0.3 is 5.11 Å². The zero-order valence-corrected chi connectivity index (χ0v) is 9.86. The SMILES string of the molecule is CC1Cc2ccc(C(C)CC(=O)O)cc2C1. The van der Waals surface area contributed by atoms with Crippen molar-refractivity contribution in [3.63, 3.8) is 0 Å². The average Bonchev–Trinajstić information content (AvgIpc) is 2.55. The first-order valence-corrected chi connectivity index (χ1v) is 5.89. The van der Waals surface area contributed by atoms with E-state index in [-0.39, 0.29) is 12.3 Å². The molecule has 2 unspecified atom stereocenters. The third-order valence-electron chi connectivity index (χ3n) is 3.42. The molecule has 16 heavy (non-hydrogen) atoms. The fourth-order valence-electron chi connectivity index (χ4n) is 2.54. The van der Waals surface area contributed by atoms with E-state index in [4.69, 9.17) is 5.11 Å². The Hall–Kier alpha value is -1.31. The zero-order chi connectivity index (χ0) is 11.7. The van der Waals surface area contributed by atoms with Gasteiger partial charge in [-0.1, -0.05) is 32.0 Å². The summed E-state index contributed by atoms with van der Waals surface area (Å²) in [5, 5.41) is 8.78. The van der Waals surface area contributed by atoms with Crippen molar-refractivity contribution in [2.45, 2.75) is 39.0 Å². The normalized spacial score (nSPS) is 20.5. The van der Waals surface area contributed by atoms with Crippen LogP contribution in [0.1, 0.15) is 42.9 Å². The van der Waals surface area contributed by atoms with Crippen LogP contribution in [0.25, 0.3) is 0 Å². The van der Waals surface area contributed by atoms with Gasteiger partial charge in [-0.25, -0.2) is 0 Å². The second-order valence-corrected chi connectivity index (χ2v) is 5.04. The van der Waals surface area contributed by atoms with E-state index in [0.29, 0.717) is 0 Å². The lowest BCUT2D eigenvalue weighted by Crippen LogP contribution is -2.03. The number of benzene rings is 1. The predicted molar refractivity (Wildman–Crippen MR) is 63.7 cm³/mol. The van der Waals surface area contributed by atoms with Crippen LogP contribution in [0, 0.1) is 5.92 Å². The van der Waals surface area contributed by atoms with Gasteiger partial charge in [0.15, 0.2) is 0 Å². The lowest BCUT2D eigenvalue weighted by atomic mass is 9.95. The first-order valence-electron chi connectivity index (χ1n) is 5.89. The lowest BCUT2D eigenvalue weighted by Gasteiger charge is -2.10. The Morgan fingerprint density at radius 1 is 1.44 bits per heavy atom. The topological polar surface area (TPSA) is 37.3 Å². The van der Waals surface area contributed by atoms with Crippen molar-refractivity contribution in [1.29, 1.82) is 0 Å². The molecule has 2 atom stereocenters. The monoisotopic (exact) mass is 218 g/mol. The molecule has 0 saturated heterocycles. The van der Waals surface area contributed by atoms with Gasteiger partial charge in [0.05, 0.1) is 6.42 Å². The first-order chi connectivity index (χ1) is 7.56. The summed E-state index contributed by atoms with van der Waals surface area (Å²) in [6, 6.07) is 6.46. The quantitative estimate of drug-likeness (QED) is 0.846. The molecule has 0 aliphatic heterocycles. The van der Waals surface area contributed by atoms with E-state index in [2.05, 4.69) is 25.1 Å². The van der Waals surface area contributed by atoms with E-state index in [9.17, 15) is 4.79 Å². The standard InChI is InChI=1S/C14H18O2/c1-9-5-12-4-3-11(8-13(12)6-9)10(2)7-14(15)16/h3-4,8-10H,5-7H2,1-2H3,(H,15,16). The van der Waals surface area contributed by atoms with Gasteiger partial charge in [-0.05, 0) is 41.4 Å². The molecular weight excluding hydrogens is 200 g/mol. The number of carboxylic acid groups (broad SMARTS) is 1. The summed E-state index contributed by atoms with van der Waals surface area (Å²) in [6.07, 6.45) is 2.53. The highest BCUT2D eigenvalue weighted by Gasteiger charge is 2.19. The van der Waals surface area contributed by atoms with E-state index >= 15 is 0 Å².